The smallest absolute Gasteiger partial charge is 0.320 e. The average molecular weight is 483 g/mol. The minimum absolute atomic E-state index is 0.222. The van der Waals surface area contributed by atoms with Crippen LogP contribution in [0.25, 0.3) is 11.2 Å². The molecule has 27 heavy (non-hydrogen) atoms. The molecule has 0 radical (unpaired) electrons. The number of halogens is 1. The van der Waals surface area contributed by atoms with Crippen molar-refractivity contribution < 1.29 is 17.3 Å². The molecule has 2 N–H and O–H groups in total. The van der Waals surface area contributed by atoms with Crippen molar-refractivity contribution >= 4 is 40.0 Å². The fourth-order valence-corrected chi connectivity index (χ4v) is 3.28. The summed E-state index contributed by atoms with van der Waals surface area (Å²) in [6.45, 7) is 1.48. The molecular weight excluding hydrogens is 465 g/mol. The first-order valence-corrected chi connectivity index (χ1v) is 9.32. The van der Waals surface area contributed by atoms with Crippen molar-refractivity contribution in [2.24, 2.45) is 0 Å². The average Bonchev–Trinajstić information content (AvgIpc) is 3.02. The highest BCUT2D eigenvalue weighted by Crippen LogP contribution is 2.31. The van der Waals surface area contributed by atoms with E-state index in [1.807, 2.05) is 18.2 Å². The van der Waals surface area contributed by atoms with Crippen molar-refractivity contribution in [1.82, 2.24) is 19.5 Å². The topological polar surface area (TPSA) is 107 Å². The first-order chi connectivity index (χ1) is 13.2. The summed E-state index contributed by atoms with van der Waals surface area (Å²) in [6.07, 6.45) is 1.66. The van der Waals surface area contributed by atoms with Gasteiger partial charge in [0.2, 0.25) is 0 Å². The Hall–Kier alpha value is -2.50. The third-order valence-electron chi connectivity index (χ3n) is 4.25. The zero-order valence-corrected chi connectivity index (χ0v) is 16.8. The minimum Gasteiger partial charge on any atom is -0.496 e. The Morgan fingerprint density at radius 3 is 2.74 bits per heavy atom. The molecule has 0 amide bonds. The number of nitrogens with two attached hydrogens (primary N) is 1. The molecule has 1 aliphatic heterocycles. The number of anilines is 1. The van der Waals surface area contributed by atoms with Gasteiger partial charge in [-0.15, -0.1) is 0 Å². The van der Waals surface area contributed by atoms with Crippen LogP contribution in [0.3, 0.4) is 0 Å². The highest BCUT2D eigenvalue weighted by atomic mass is 127. The minimum atomic E-state index is 0.222. The van der Waals surface area contributed by atoms with Gasteiger partial charge in [-0.2, -0.15) is 15.0 Å². The van der Waals surface area contributed by atoms with Gasteiger partial charge in [-0.3, -0.25) is 4.57 Å². The SMILES string of the molecule is COc1ccc2cc1Cn1c(OI)nc3c(N)nc(nc31)OCCCCO2. The molecule has 0 spiro atoms. The molecule has 10 heteroatoms. The number of imidazole rings is 1. The van der Waals surface area contributed by atoms with Crippen LogP contribution in [-0.2, 0) is 6.54 Å². The third-order valence-corrected chi connectivity index (χ3v) is 4.65. The van der Waals surface area contributed by atoms with Gasteiger partial charge in [0.05, 0.1) is 26.9 Å². The van der Waals surface area contributed by atoms with E-state index in [1.54, 1.807) is 34.7 Å². The quantitative estimate of drug-likeness (QED) is 0.555. The van der Waals surface area contributed by atoms with Gasteiger partial charge in [0.1, 0.15) is 11.5 Å². The van der Waals surface area contributed by atoms with Gasteiger partial charge in [0.15, 0.2) is 40.0 Å². The number of nitrogens with zero attached hydrogens (tertiary/aromatic N) is 4. The zero-order valence-electron chi connectivity index (χ0n) is 14.6. The maximum atomic E-state index is 6.07. The Balaban J connectivity index is 1.89. The molecule has 0 unspecified atom stereocenters. The number of aromatic nitrogens is 4. The first-order valence-electron chi connectivity index (χ1n) is 8.44. The predicted octanol–water partition coefficient (Wildman–Crippen LogP) is 2.75. The van der Waals surface area contributed by atoms with Gasteiger partial charge in [-0.25, -0.2) is 0 Å². The van der Waals surface area contributed by atoms with Crippen LogP contribution in [0.1, 0.15) is 18.4 Å². The van der Waals surface area contributed by atoms with Crippen LogP contribution < -0.4 is 23.0 Å². The fourth-order valence-electron chi connectivity index (χ4n) is 2.94. The summed E-state index contributed by atoms with van der Waals surface area (Å²) in [5.74, 6) is 1.76. The molecule has 4 bridgehead atoms. The second kappa shape index (κ2) is 7.62. The standard InChI is InChI=1S/C17H18IN5O4/c1-24-12-5-4-11-8-10(12)9-23-15-13(20-17(23)27-18)14(19)21-16(22-15)26-7-3-2-6-25-11/h4-5,8H,2-3,6-7,9H2,1H3,(H2,19,21,22). The number of hydrogen-bond acceptors (Lipinski definition) is 8. The normalized spacial score (nSPS) is 14.3. The molecule has 4 rings (SSSR count). The Kier molecular flexibility index (Phi) is 5.05. The molecule has 3 aromatic rings. The van der Waals surface area contributed by atoms with Gasteiger partial charge in [-0.05, 0) is 31.0 Å². The van der Waals surface area contributed by atoms with Crippen LogP contribution in [0.5, 0.6) is 23.5 Å². The van der Waals surface area contributed by atoms with Crippen LogP contribution in [0.2, 0.25) is 0 Å². The van der Waals surface area contributed by atoms with E-state index in [0.717, 1.165) is 29.9 Å². The molecule has 0 aliphatic carbocycles. The lowest BCUT2D eigenvalue weighted by atomic mass is 10.2. The Bertz CT molecular complexity index is 978. The number of fused-ring (bicyclic) bond motifs is 3. The van der Waals surface area contributed by atoms with Crippen molar-refractivity contribution in [3.63, 3.8) is 0 Å². The van der Waals surface area contributed by atoms with E-state index in [0.29, 0.717) is 36.9 Å². The lowest BCUT2D eigenvalue weighted by Gasteiger charge is -2.14. The van der Waals surface area contributed by atoms with Crippen LogP contribution >= 0.6 is 23.0 Å². The molecule has 0 saturated heterocycles. The maximum Gasteiger partial charge on any atom is 0.320 e. The highest BCUT2D eigenvalue weighted by molar-refractivity contribution is 14.1. The zero-order chi connectivity index (χ0) is 18.8. The second-order valence-electron chi connectivity index (χ2n) is 6.00. The predicted molar refractivity (Wildman–Crippen MR) is 107 cm³/mol. The Morgan fingerprint density at radius 2 is 1.96 bits per heavy atom. The van der Waals surface area contributed by atoms with E-state index < -0.39 is 0 Å². The van der Waals surface area contributed by atoms with E-state index in [4.69, 9.17) is 23.0 Å². The Labute approximate surface area is 169 Å². The van der Waals surface area contributed by atoms with Crippen LogP contribution in [0, 0.1) is 0 Å². The summed E-state index contributed by atoms with van der Waals surface area (Å²) >= 11 is 1.78. The number of benzene rings is 1. The monoisotopic (exact) mass is 483 g/mol. The van der Waals surface area contributed by atoms with Gasteiger partial charge in [-0.1, -0.05) is 0 Å². The number of rotatable bonds is 2. The van der Waals surface area contributed by atoms with Crippen molar-refractivity contribution in [3.05, 3.63) is 23.8 Å². The van der Waals surface area contributed by atoms with Gasteiger partial charge < -0.3 is 23.0 Å². The van der Waals surface area contributed by atoms with Crippen LogP contribution in [0.15, 0.2) is 18.2 Å². The summed E-state index contributed by atoms with van der Waals surface area (Å²) in [5.41, 5.74) is 7.98. The van der Waals surface area contributed by atoms with Crippen molar-refractivity contribution in [2.75, 3.05) is 26.1 Å². The number of methoxy groups -OCH3 is 1. The van der Waals surface area contributed by atoms with E-state index in [2.05, 4.69) is 15.0 Å². The van der Waals surface area contributed by atoms with E-state index in [9.17, 15) is 0 Å². The highest BCUT2D eigenvalue weighted by Gasteiger charge is 2.20. The van der Waals surface area contributed by atoms with Crippen molar-refractivity contribution in [2.45, 2.75) is 19.4 Å². The molecule has 0 fully saturated rings. The molecule has 1 aliphatic rings. The summed E-state index contributed by atoms with van der Waals surface area (Å²) < 4.78 is 24.2. The van der Waals surface area contributed by atoms with Gasteiger partial charge in [0.25, 0.3) is 0 Å². The van der Waals surface area contributed by atoms with Crippen molar-refractivity contribution in [3.8, 4) is 23.5 Å². The third kappa shape index (κ3) is 3.53. The number of ether oxygens (including phenoxy) is 3. The molecule has 142 valence electrons. The fraction of sp³-hybridized carbons (Fsp3) is 0.353. The lowest BCUT2D eigenvalue weighted by molar-refractivity contribution is 0.255. The molecule has 2 aromatic heterocycles. The molecular formula is C17H18IN5O4. The van der Waals surface area contributed by atoms with E-state index >= 15 is 0 Å². The summed E-state index contributed by atoms with van der Waals surface area (Å²) in [7, 11) is 1.63. The molecule has 3 heterocycles. The number of hydrogen-bond donors (Lipinski definition) is 1. The maximum absolute atomic E-state index is 6.07. The van der Waals surface area contributed by atoms with Crippen LogP contribution in [0.4, 0.5) is 5.82 Å². The molecule has 1 aromatic carbocycles. The van der Waals surface area contributed by atoms with Gasteiger partial charge in [0, 0.05) is 5.56 Å². The van der Waals surface area contributed by atoms with E-state index in [1.165, 1.54) is 0 Å². The molecule has 0 saturated carbocycles. The lowest BCUT2D eigenvalue weighted by Crippen LogP contribution is -2.09. The van der Waals surface area contributed by atoms with Crippen LogP contribution in [-0.4, -0.2) is 39.8 Å². The first kappa shape index (κ1) is 17.9. The summed E-state index contributed by atoms with van der Waals surface area (Å²) in [6, 6.07) is 6.32. The van der Waals surface area contributed by atoms with E-state index in [-0.39, 0.29) is 11.8 Å². The summed E-state index contributed by atoms with van der Waals surface area (Å²) in [5, 5.41) is 0. The molecule has 9 nitrogen and oxygen atoms in total. The van der Waals surface area contributed by atoms with Crippen molar-refractivity contribution in [1.29, 1.82) is 0 Å². The number of nitrogen functional groups attached to an aromatic ring is 1. The van der Waals surface area contributed by atoms with Gasteiger partial charge >= 0.3 is 12.0 Å². The summed E-state index contributed by atoms with van der Waals surface area (Å²) in [4.78, 5) is 13.1. The largest absolute Gasteiger partial charge is 0.496 e. The Morgan fingerprint density at radius 1 is 1.15 bits per heavy atom. The second-order valence-corrected chi connectivity index (χ2v) is 6.44. The molecule has 0 atom stereocenters.